The normalized spacial score (nSPS) is 19.1. The largest absolute Gasteiger partial charge is 0.467 e. The van der Waals surface area contributed by atoms with Crippen LogP contribution in [0.25, 0.3) is 6.08 Å². The van der Waals surface area contributed by atoms with Gasteiger partial charge in [-0.05, 0) is 96.8 Å². The fourth-order valence-electron chi connectivity index (χ4n) is 7.79. The molecule has 0 aliphatic carbocycles. The van der Waals surface area contributed by atoms with Crippen LogP contribution in [0.5, 0.6) is 5.75 Å². The van der Waals surface area contributed by atoms with Gasteiger partial charge in [0.2, 0.25) is 0 Å². The highest BCUT2D eigenvalue weighted by Gasteiger charge is 2.52. The van der Waals surface area contributed by atoms with Crippen LogP contribution in [0, 0.1) is 12.8 Å². The highest BCUT2D eigenvalue weighted by Crippen LogP contribution is 2.42. The Balaban J connectivity index is 1.70. The van der Waals surface area contributed by atoms with Gasteiger partial charge in [-0.1, -0.05) is 159 Å². The van der Waals surface area contributed by atoms with E-state index in [9.17, 15) is 4.79 Å². The average molecular weight is 917 g/mol. The van der Waals surface area contributed by atoms with Gasteiger partial charge in [-0.2, -0.15) is 0 Å². The van der Waals surface area contributed by atoms with Crippen molar-refractivity contribution in [2.45, 2.75) is 162 Å². The molecule has 1 aliphatic heterocycles. The van der Waals surface area contributed by atoms with Crippen molar-refractivity contribution in [3.05, 3.63) is 108 Å². The maximum Gasteiger partial charge on any atom is 0.342 e. The zero-order valence-electron chi connectivity index (χ0n) is 41.7. The Kier molecular flexibility index (Phi) is 17.9. The number of methoxy groups -OCH3 is 1. The number of hydrogen-bond donors (Lipinski definition) is 0. The highest BCUT2D eigenvalue weighted by atomic mass is 28.4. The minimum absolute atomic E-state index is 0.0118. The van der Waals surface area contributed by atoms with Crippen molar-refractivity contribution in [1.82, 2.24) is 0 Å². The molecular formula is C52H80O8Si3. The van der Waals surface area contributed by atoms with Crippen molar-refractivity contribution in [2.75, 3.05) is 20.5 Å². The van der Waals surface area contributed by atoms with Crippen molar-refractivity contribution in [1.29, 1.82) is 0 Å². The third-order valence-corrected chi connectivity index (χ3v) is 23.8. The smallest absolute Gasteiger partial charge is 0.342 e. The highest BCUT2D eigenvalue weighted by molar-refractivity contribution is 6.99. The molecule has 3 aromatic rings. The van der Waals surface area contributed by atoms with Gasteiger partial charge in [0.05, 0.1) is 18.8 Å². The lowest BCUT2D eigenvalue weighted by Gasteiger charge is -2.45. The van der Waals surface area contributed by atoms with Crippen LogP contribution in [-0.2, 0) is 27.8 Å². The molecule has 0 saturated carbocycles. The van der Waals surface area contributed by atoms with E-state index in [2.05, 4.69) is 167 Å². The Labute approximate surface area is 384 Å². The molecule has 0 radical (unpaired) electrons. The van der Waals surface area contributed by atoms with Crippen molar-refractivity contribution in [2.24, 2.45) is 5.92 Å². The molecule has 8 nitrogen and oxygen atoms in total. The van der Waals surface area contributed by atoms with Gasteiger partial charge >= 0.3 is 5.97 Å². The molecule has 1 fully saturated rings. The van der Waals surface area contributed by atoms with Crippen LogP contribution >= 0.6 is 0 Å². The van der Waals surface area contributed by atoms with Crippen molar-refractivity contribution in [3.63, 3.8) is 0 Å². The predicted molar refractivity (Wildman–Crippen MR) is 268 cm³/mol. The van der Waals surface area contributed by atoms with Crippen LogP contribution in [0.4, 0.5) is 0 Å². The summed E-state index contributed by atoms with van der Waals surface area (Å²) in [7, 11) is -4.96. The number of rotatable bonds is 20. The fraction of sp³-hybridized carbons (Fsp3) is 0.558. The lowest BCUT2D eigenvalue weighted by Crippen LogP contribution is -2.67. The van der Waals surface area contributed by atoms with Crippen LogP contribution in [0.3, 0.4) is 0 Å². The summed E-state index contributed by atoms with van der Waals surface area (Å²) >= 11 is 0. The summed E-state index contributed by atoms with van der Waals surface area (Å²) in [6, 6.07) is 26.3. The Bertz CT molecular complexity index is 1940. The van der Waals surface area contributed by atoms with Crippen LogP contribution < -0.4 is 15.1 Å². The monoisotopic (exact) mass is 917 g/mol. The number of ether oxygens (including phenoxy) is 5. The molecule has 5 atom stereocenters. The summed E-state index contributed by atoms with van der Waals surface area (Å²) in [6.07, 6.45) is 7.78. The van der Waals surface area contributed by atoms with Gasteiger partial charge in [0, 0.05) is 21.3 Å². The minimum Gasteiger partial charge on any atom is -0.467 e. The molecule has 63 heavy (non-hydrogen) atoms. The van der Waals surface area contributed by atoms with Gasteiger partial charge in [-0.3, -0.25) is 0 Å². The van der Waals surface area contributed by atoms with Crippen LogP contribution in [0.2, 0.25) is 48.9 Å². The second-order valence-corrected chi connectivity index (χ2v) is 36.2. The number of hydrogen-bond acceptors (Lipinski definition) is 8. The molecule has 0 spiro atoms. The first-order valence-corrected chi connectivity index (χ1v) is 31.3. The second kappa shape index (κ2) is 21.4. The number of benzene rings is 3. The molecule has 0 aromatic heterocycles. The zero-order valence-corrected chi connectivity index (χ0v) is 44.7. The molecule has 1 aliphatic rings. The van der Waals surface area contributed by atoms with Crippen LogP contribution in [0.1, 0.15) is 97.1 Å². The maximum atomic E-state index is 13.7. The quantitative estimate of drug-likeness (QED) is 0.0480. The molecule has 0 amide bonds. The molecule has 1 heterocycles. The molecule has 1 unspecified atom stereocenters. The first-order chi connectivity index (χ1) is 29.2. The number of esters is 1. The molecule has 4 rings (SSSR count). The van der Waals surface area contributed by atoms with Crippen molar-refractivity contribution >= 4 is 47.1 Å². The maximum absolute atomic E-state index is 13.7. The van der Waals surface area contributed by atoms with E-state index in [0.717, 1.165) is 11.6 Å². The van der Waals surface area contributed by atoms with E-state index in [-0.39, 0.29) is 35.0 Å². The molecule has 0 bridgehead atoms. The molecule has 3 aromatic carbocycles. The van der Waals surface area contributed by atoms with Gasteiger partial charge in [0.1, 0.15) is 17.4 Å². The van der Waals surface area contributed by atoms with E-state index in [4.69, 9.17) is 32.5 Å². The molecule has 11 heteroatoms. The zero-order chi connectivity index (χ0) is 47.0. The third kappa shape index (κ3) is 13.9. The van der Waals surface area contributed by atoms with E-state index in [1.807, 2.05) is 39.0 Å². The van der Waals surface area contributed by atoms with E-state index < -0.39 is 48.7 Å². The lowest BCUT2D eigenvalue weighted by molar-refractivity contribution is -0.151. The van der Waals surface area contributed by atoms with E-state index >= 15 is 0 Å². The van der Waals surface area contributed by atoms with E-state index in [0.29, 0.717) is 29.9 Å². The predicted octanol–water partition coefficient (Wildman–Crippen LogP) is 11.9. The SMILES string of the molecule is COCOc1cc(C)cc(C=CC[C@@H]2OC(C)(C)O[C@@H]2C(C=C[C@@H](C)[C@@H](C)O[Si](c2ccccc2)(c2ccccc2)C(C)(C)C)O[Si](C)(C)C(C)(C)C)c1C(=O)OCC[Si](C)(C)C. The Morgan fingerprint density at radius 3 is 1.94 bits per heavy atom. The summed E-state index contributed by atoms with van der Waals surface area (Å²) in [5, 5.41) is 2.34. The summed E-state index contributed by atoms with van der Waals surface area (Å²) in [6.45, 7) is 35.8. The van der Waals surface area contributed by atoms with Crippen molar-refractivity contribution < 1.29 is 37.3 Å². The molecule has 348 valence electrons. The van der Waals surface area contributed by atoms with Crippen molar-refractivity contribution in [3.8, 4) is 5.75 Å². The first kappa shape index (κ1) is 52.5. The van der Waals surface area contributed by atoms with Gasteiger partial charge in [0.15, 0.2) is 20.9 Å². The van der Waals surface area contributed by atoms with Gasteiger partial charge in [-0.15, -0.1) is 0 Å². The van der Waals surface area contributed by atoms with Gasteiger partial charge < -0.3 is 32.5 Å². The molecular weight excluding hydrogens is 837 g/mol. The Hall–Kier alpha value is -3.14. The summed E-state index contributed by atoms with van der Waals surface area (Å²) in [5.74, 6) is -0.767. The number of carbonyl (C=O) groups excluding carboxylic acids is 1. The van der Waals surface area contributed by atoms with Crippen LogP contribution in [-0.4, -0.2) is 81.4 Å². The third-order valence-electron chi connectivity index (χ3n) is 12.5. The first-order valence-electron chi connectivity index (χ1n) is 22.8. The van der Waals surface area contributed by atoms with E-state index in [1.54, 1.807) is 7.11 Å². The average Bonchev–Trinajstić information content (AvgIpc) is 3.49. The lowest BCUT2D eigenvalue weighted by atomic mass is 9.99. The van der Waals surface area contributed by atoms with Gasteiger partial charge in [0.25, 0.3) is 8.32 Å². The summed E-state index contributed by atoms with van der Waals surface area (Å²) in [5.41, 5.74) is 2.05. The molecule has 1 saturated heterocycles. The second-order valence-electron chi connectivity index (χ2n) is 21.6. The number of aryl methyl sites for hydroxylation is 1. The number of carbonyl (C=O) groups is 1. The van der Waals surface area contributed by atoms with Crippen LogP contribution in [0.15, 0.2) is 91.0 Å². The summed E-state index contributed by atoms with van der Waals surface area (Å²) < 4.78 is 45.3. The fourth-order valence-corrected chi connectivity index (χ4v) is 14.5. The topological polar surface area (TPSA) is 81.7 Å². The van der Waals surface area contributed by atoms with Gasteiger partial charge in [-0.25, -0.2) is 4.79 Å². The Morgan fingerprint density at radius 2 is 1.41 bits per heavy atom. The van der Waals surface area contributed by atoms with E-state index in [1.165, 1.54) is 10.4 Å². The standard InChI is InChI=1S/C52H80O8Si3/c1-38-35-41(47(46(36-38)56-37-54-12)49(53)55-33-34-61(13,14)15)25-24-30-44-48(58-52(10,11)57-44)45(60-62(16,17)50(4,5)6)32-31-39(2)40(3)59-63(51(7,8)9,42-26-20-18-21-27-42)43-28-22-19-23-29-43/h18-29,31-32,35-36,39-40,44-45,48H,30,33-34,37H2,1-17H3/t39-,40-,44+,45?,48+/m1/s1. The summed E-state index contributed by atoms with van der Waals surface area (Å²) in [4.78, 5) is 13.7. The molecule has 0 N–H and O–H groups in total. The minimum atomic E-state index is -2.79. The Morgan fingerprint density at radius 1 is 0.825 bits per heavy atom.